The van der Waals surface area contributed by atoms with Crippen molar-refractivity contribution in [2.45, 2.75) is 52.3 Å². The van der Waals surface area contributed by atoms with Crippen molar-refractivity contribution in [2.24, 2.45) is 0 Å². The monoisotopic (exact) mass is 564 g/mol. The normalized spacial score (nSPS) is 17.6. The van der Waals surface area contributed by atoms with Crippen LogP contribution in [0, 0.1) is 0 Å². The van der Waals surface area contributed by atoms with E-state index >= 15 is 0 Å². The van der Waals surface area contributed by atoms with Gasteiger partial charge in [0.2, 0.25) is 5.88 Å². The number of nitrogens with zero attached hydrogens (tertiary/aromatic N) is 6. The molecule has 6 rings (SSSR count). The molecule has 0 N–H and O–H groups in total. The highest BCUT2D eigenvalue weighted by molar-refractivity contribution is 5.98. The van der Waals surface area contributed by atoms with Gasteiger partial charge in [-0.2, -0.15) is 5.10 Å². The van der Waals surface area contributed by atoms with Gasteiger partial charge in [0.25, 0.3) is 0 Å². The number of aromatic nitrogens is 4. The molecular formula is C33H36N6O3. The second-order valence-corrected chi connectivity index (χ2v) is 11.9. The standard InChI is InChI=1S/C33H36N6O3/c1-21-18-37(32(40)42-33(3,4)5)19-22(2)39(21)25-12-10-23(11-13-25)24-16-34-31-28(17-35-38(31)20-24)26-8-7-9-29-27(26)14-15-30(36-29)41-6/h7-17,20-22H,18-19H2,1-6H3/t21-,22+. The Morgan fingerprint density at radius 3 is 2.33 bits per heavy atom. The fourth-order valence-electron chi connectivity index (χ4n) is 5.83. The zero-order valence-electron chi connectivity index (χ0n) is 24.9. The van der Waals surface area contributed by atoms with E-state index < -0.39 is 5.60 Å². The van der Waals surface area contributed by atoms with Crippen LogP contribution in [0.2, 0.25) is 0 Å². The fraction of sp³-hybridized carbons (Fsp3) is 0.333. The Morgan fingerprint density at radius 2 is 1.64 bits per heavy atom. The average molecular weight is 565 g/mol. The third-order valence-corrected chi connectivity index (χ3v) is 7.63. The van der Waals surface area contributed by atoms with Gasteiger partial charge in [-0.25, -0.2) is 19.3 Å². The van der Waals surface area contributed by atoms with Crippen LogP contribution in [0.15, 0.2) is 73.2 Å². The number of carbonyl (C=O) groups excluding carboxylic acids is 1. The maximum Gasteiger partial charge on any atom is 0.410 e. The van der Waals surface area contributed by atoms with Gasteiger partial charge < -0.3 is 19.3 Å². The number of carbonyl (C=O) groups is 1. The molecule has 3 aromatic heterocycles. The van der Waals surface area contributed by atoms with E-state index in [9.17, 15) is 4.79 Å². The van der Waals surface area contributed by atoms with Crippen LogP contribution >= 0.6 is 0 Å². The summed E-state index contributed by atoms with van der Waals surface area (Å²) in [7, 11) is 1.62. The largest absolute Gasteiger partial charge is 0.481 e. The molecule has 0 unspecified atom stereocenters. The molecule has 4 heterocycles. The van der Waals surface area contributed by atoms with E-state index in [0.717, 1.165) is 44.5 Å². The summed E-state index contributed by atoms with van der Waals surface area (Å²) in [5.74, 6) is 0.584. The quantitative estimate of drug-likeness (QED) is 0.248. The highest BCUT2D eigenvalue weighted by atomic mass is 16.6. The molecule has 216 valence electrons. The zero-order valence-corrected chi connectivity index (χ0v) is 24.9. The summed E-state index contributed by atoms with van der Waals surface area (Å²) in [6.45, 7) is 11.2. The average Bonchev–Trinajstić information content (AvgIpc) is 3.39. The first-order valence-corrected chi connectivity index (χ1v) is 14.3. The Kier molecular flexibility index (Phi) is 6.96. The summed E-state index contributed by atoms with van der Waals surface area (Å²) < 4.78 is 12.7. The van der Waals surface area contributed by atoms with Crippen LogP contribution in [0.25, 0.3) is 38.8 Å². The molecule has 1 amide bonds. The van der Waals surface area contributed by atoms with Gasteiger partial charge in [-0.15, -0.1) is 0 Å². The van der Waals surface area contributed by atoms with E-state index in [0.29, 0.717) is 19.0 Å². The molecule has 0 aliphatic carbocycles. The lowest BCUT2D eigenvalue weighted by Gasteiger charge is -2.45. The van der Waals surface area contributed by atoms with E-state index in [2.05, 4.69) is 59.2 Å². The van der Waals surface area contributed by atoms with Crippen molar-refractivity contribution < 1.29 is 14.3 Å². The minimum atomic E-state index is -0.506. The second kappa shape index (κ2) is 10.6. The van der Waals surface area contributed by atoms with Gasteiger partial charge in [-0.3, -0.25) is 0 Å². The van der Waals surface area contributed by atoms with E-state index in [1.807, 2.05) is 73.0 Å². The Bertz CT molecular complexity index is 1750. The number of pyridine rings is 1. The Morgan fingerprint density at radius 1 is 0.905 bits per heavy atom. The Hall–Kier alpha value is -4.66. The summed E-state index contributed by atoms with van der Waals surface area (Å²) >= 11 is 0. The molecule has 0 radical (unpaired) electrons. The molecule has 0 bridgehead atoms. The zero-order chi connectivity index (χ0) is 29.6. The number of piperazine rings is 1. The summed E-state index contributed by atoms with van der Waals surface area (Å²) in [6.07, 6.45) is 5.51. The van der Waals surface area contributed by atoms with Crippen molar-refractivity contribution in [1.82, 2.24) is 24.5 Å². The third-order valence-electron chi connectivity index (χ3n) is 7.63. The van der Waals surface area contributed by atoms with Crippen molar-refractivity contribution >= 4 is 28.3 Å². The highest BCUT2D eigenvalue weighted by Crippen LogP contribution is 2.33. The van der Waals surface area contributed by atoms with E-state index in [1.54, 1.807) is 7.11 Å². The molecule has 1 aliphatic rings. The van der Waals surface area contributed by atoms with Crippen LogP contribution in [0.4, 0.5) is 10.5 Å². The molecule has 5 aromatic rings. The smallest absolute Gasteiger partial charge is 0.410 e. The van der Waals surface area contributed by atoms with Gasteiger partial charge in [0.15, 0.2) is 5.65 Å². The molecule has 1 saturated heterocycles. The Labute approximate surface area is 245 Å². The van der Waals surface area contributed by atoms with Gasteiger partial charge in [-0.05, 0) is 70.0 Å². The Balaban J connectivity index is 1.22. The molecule has 2 aromatic carbocycles. The lowest BCUT2D eigenvalue weighted by Crippen LogP contribution is -2.58. The first kappa shape index (κ1) is 27.5. The first-order chi connectivity index (χ1) is 20.1. The van der Waals surface area contributed by atoms with Crippen molar-refractivity contribution in [3.8, 4) is 28.1 Å². The maximum atomic E-state index is 12.7. The number of amides is 1. The number of ether oxygens (including phenoxy) is 2. The molecule has 9 heteroatoms. The van der Waals surface area contributed by atoms with E-state index in [4.69, 9.17) is 14.5 Å². The molecule has 42 heavy (non-hydrogen) atoms. The van der Waals surface area contributed by atoms with Crippen molar-refractivity contribution in [1.29, 1.82) is 0 Å². The van der Waals surface area contributed by atoms with Crippen LogP contribution in [0.3, 0.4) is 0 Å². The number of methoxy groups -OCH3 is 1. The van der Waals surface area contributed by atoms with Crippen molar-refractivity contribution in [3.05, 3.63) is 73.2 Å². The SMILES string of the molecule is COc1ccc2c(-c3cnn4cc(-c5ccc(N6[C@H](C)CN(C(=O)OC(C)(C)C)C[C@@H]6C)cc5)cnc34)cccc2n1. The topological polar surface area (TPSA) is 85.1 Å². The fourth-order valence-corrected chi connectivity index (χ4v) is 5.83. The molecule has 9 nitrogen and oxygen atoms in total. The number of benzene rings is 2. The molecule has 0 spiro atoms. The first-order valence-electron chi connectivity index (χ1n) is 14.3. The minimum absolute atomic E-state index is 0.151. The van der Waals surface area contributed by atoms with E-state index in [-0.39, 0.29) is 18.2 Å². The summed E-state index contributed by atoms with van der Waals surface area (Å²) in [5, 5.41) is 5.65. The predicted molar refractivity (Wildman–Crippen MR) is 165 cm³/mol. The van der Waals surface area contributed by atoms with Crippen molar-refractivity contribution in [3.63, 3.8) is 0 Å². The molecular weight excluding hydrogens is 528 g/mol. The number of hydrogen-bond donors (Lipinski definition) is 0. The van der Waals surface area contributed by atoms with Gasteiger partial charge in [0, 0.05) is 65.8 Å². The highest BCUT2D eigenvalue weighted by Gasteiger charge is 2.34. The van der Waals surface area contributed by atoms with Gasteiger partial charge in [0.1, 0.15) is 5.60 Å². The summed E-state index contributed by atoms with van der Waals surface area (Å²) in [5.41, 5.74) is 6.26. The predicted octanol–water partition coefficient (Wildman–Crippen LogP) is 6.45. The van der Waals surface area contributed by atoms with Crippen LogP contribution in [0.5, 0.6) is 5.88 Å². The summed E-state index contributed by atoms with van der Waals surface area (Å²) in [6, 6.07) is 18.7. The molecule has 0 saturated carbocycles. The van der Waals surface area contributed by atoms with Gasteiger partial charge >= 0.3 is 6.09 Å². The molecule has 1 fully saturated rings. The third kappa shape index (κ3) is 5.22. The number of fused-ring (bicyclic) bond motifs is 2. The van der Waals surface area contributed by atoms with Crippen LogP contribution in [0.1, 0.15) is 34.6 Å². The van der Waals surface area contributed by atoms with Crippen LogP contribution in [-0.4, -0.2) is 68.5 Å². The number of hydrogen-bond acceptors (Lipinski definition) is 7. The minimum Gasteiger partial charge on any atom is -0.481 e. The number of anilines is 1. The molecule has 2 atom stereocenters. The summed E-state index contributed by atoms with van der Waals surface area (Å²) in [4.78, 5) is 26.3. The van der Waals surface area contributed by atoms with Gasteiger partial charge in [0.05, 0.1) is 18.8 Å². The number of rotatable bonds is 4. The lowest BCUT2D eigenvalue weighted by atomic mass is 10.0. The lowest BCUT2D eigenvalue weighted by molar-refractivity contribution is 0.0193. The van der Waals surface area contributed by atoms with Crippen molar-refractivity contribution in [2.75, 3.05) is 25.1 Å². The van der Waals surface area contributed by atoms with Gasteiger partial charge in [-0.1, -0.05) is 24.3 Å². The molecule has 1 aliphatic heterocycles. The van der Waals surface area contributed by atoms with E-state index in [1.165, 1.54) is 0 Å². The van der Waals surface area contributed by atoms with Crippen LogP contribution in [-0.2, 0) is 4.74 Å². The maximum absolute atomic E-state index is 12.7. The van der Waals surface area contributed by atoms with Crippen LogP contribution < -0.4 is 9.64 Å². The second-order valence-electron chi connectivity index (χ2n) is 11.9.